The van der Waals surface area contributed by atoms with Gasteiger partial charge in [-0.05, 0) is 37.0 Å². The second-order valence-electron chi connectivity index (χ2n) is 6.42. The average molecular weight is 498 g/mol. The van der Waals surface area contributed by atoms with Crippen molar-refractivity contribution in [2.45, 2.75) is 12.8 Å². The molecule has 1 saturated heterocycles. The fourth-order valence-electron chi connectivity index (χ4n) is 3.17. The largest absolute Gasteiger partial charge is 0.497 e. The van der Waals surface area contributed by atoms with Crippen LogP contribution in [0, 0.1) is 5.92 Å². The monoisotopic (exact) mass is 498 g/mol. The molecule has 3 rings (SSSR count). The Labute approximate surface area is 182 Å². The molecule has 1 aromatic carbocycles. The molecule has 0 saturated carbocycles. The number of rotatable bonds is 6. The van der Waals surface area contributed by atoms with Crippen molar-refractivity contribution in [3.8, 4) is 11.5 Å². The Morgan fingerprint density at radius 3 is 2.79 bits per heavy atom. The number of piperidine rings is 1. The summed E-state index contributed by atoms with van der Waals surface area (Å²) >= 11 is 0. The number of hydrogen-bond acceptors (Lipinski definition) is 6. The van der Waals surface area contributed by atoms with Gasteiger partial charge in [0, 0.05) is 38.1 Å². The summed E-state index contributed by atoms with van der Waals surface area (Å²) in [6.45, 7) is 2.50. The van der Waals surface area contributed by atoms with Crippen molar-refractivity contribution in [1.82, 2.24) is 9.97 Å². The average Bonchev–Trinajstić information content (AvgIpc) is 2.73. The molecular formula is C19H27IN6O2. The zero-order valence-corrected chi connectivity index (χ0v) is 18.5. The number of guanidine groups is 1. The van der Waals surface area contributed by atoms with Crippen molar-refractivity contribution in [2.75, 3.05) is 44.1 Å². The highest BCUT2D eigenvalue weighted by Gasteiger charge is 2.21. The van der Waals surface area contributed by atoms with Crippen molar-refractivity contribution >= 4 is 41.6 Å². The van der Waals surface area contributed by atoms with Crippen LogP contribution < -0.4 is 25.4 Å². The maximum Gasteiger partial charge on any atom is 0.225 e. The molecule has 0 radical (unpaired) electrons. The van der Waals surface area contributed by atoms with Crippen molar-refractivity contribution in [1.29, 1.82) is 0 Å². The Morgan fingerprint density at radius 1 is 1.29 bits per heavy atom. The van der Waals surface area contributed by atoms with Gasteiger partial charge in [-0.15, -0.1) is 24.0 Å². The van der Waals surface area contributed by atoms with E-state index in [1.54, 1.807) is 26.6 Å². The summed E-state index contributed by atoms with van der Waals surface area (Å²) in [6.07, 6.45) is 5.75. The lowest BCUT2D eigenvalue weighted by Crippen LogP contribution is -2.38. The molecule has 3 N–H and O–H groups in total. The predicted octanol–water partition coefficient (Wildman–Crippen LogP) is 2.76. The lowest BCUT2D eigenvalue weighted by Gasteiger charge is -2.31. The van der Waals surface area contributed by atoms with Crippen molar-refractivity contribution < 1.29 is 9.47 Å². The zero-order chi connectivity index (χ0) is 19.1. The van der Waals surface area contributed by atoms with Crippen LogP contribution in [0.1, 0.15) is 12.8 Å². The lowest BCUT2D eigenvalue weighted by atomic mass is 9.98. The number of methoxy groups -OCH3 is 2. The van der Waals surface area contributed by atoms with Crippen LogP contribution in [0.25, 0.3) is 0 Å². The van der Waals surface area contributed by atoms with Gasteiger partial charge in [-0.2, -0.15) is 0 Å². The van der Waals surface area contributed by atoms with Crippen LogP contribution in [-0.4, -0.2) is 49.8 Å². The SMILES string of the molecule is COc1ccc(OC)c(NC(N)=NCC2CCCN(c3ncccn3)C2)c1.I. The number of nitrogens with zero attached hydrogens (tertiary/aromatic N) is 4. The van der Waals surface area contributed by atoms with E-state index < -0.39 is 0 Å². The molecular weight excluding hydrogens is 471 g/mol. The molecule has 2 aromatic rings. The van der Waals surface area contributed by atoms with Crippen LogP contribution in [0.5, 0.6) is 11.5 Å². The van der Waals surface area contributed by atoms with E-state index in [0.717, 1.165) is 43.3 Å². The minimum Gasteiger partial charge on any atom is -0.497 e. The fraction of sp³-hybridized carbons (Fsp3) is 0.421. The van der Waals surface area contributed by atoms with Gasteiger partial charge in [0.2, 0.25) is 5.95 Å². The Morgan fingerprint density at radius 2 is 2.07 bits per heavy atom. The van der Waals surface area contributed by atoms with Gasteiger partial charge in [-0.1, -0.05) is 0 Å². The van der Waals surface area contributed by atoms with E-state index in [9.17, 15) is 0 Å². The van der Waals surface area contributed by atoms with Gasteiger partial charge in [0.25, 0.3) is 0 Å². The second kappa shape index (κ2) is 10.9. The van der Waals surface area contributed by atoms with Gasteiger partial charge < -0.3 is 25.4 Å². The maximum atomic E-state index is 6.09. The summed E-state index contributed by atoms with van der Waals surface area (Å²) in [5, 5.41) is 3.10. The van der Waals surface area contributed by atoms with Crippen molar-refractivity contribution in [3.05, 3.63) is 36.7 Å². The molecule has 0 spiro atoms. The van der Waals surface area contributed by atoms with Gasteiger partial charge in [0.1, 0.15) is 11.5 Å². The number of nitrogens with two attached hydrogens (primary N) is 1. The van der Waals surface area contributed by atoms with E-state index in [4.69, 9.17) is 15.2 Å². The number of benzene rings is 1. The molecule has 0 aliphatic carbocycles. The third-order valence-corrected chi connectivity index (χ3v) is 4.54. The standard InChI is InChI=1S/C19H26N6O2.HI/c1-26-15-6-7-17(27-2)16(11-15)24-18(20)23-12-14-5-3-10-25(13-14)19-21-8-4-9-22-19;/h4,6-9,11,14H,3,5,10,12-13H2,1-2H3,(H3,20,23,24);1H. The summed E-state index contributed by atoms with van der Waals surface area (Å²) in [5.41, 5.74) is 6.81. The van der Waals surface area contributed by atoms with E-state index in [1.165, 1.54) is 0 Å². The van der Waals surface area contributed by atoms with Gasteiger partial charge in [0.15, 0.2) is 5.96 Å². The van der Waals surface area contributed by atoms with E-state index in [-0.39, 0.29) is 24.0 Å². The van der Waals surface area contributed by atoms with Crippen LogP contribution >= 0.6 is 24.0 Å². The number of aromatic nitrogens is 2. The van der Waals surface area contributed by atoms with E-state index in [1.807, 2.05) is 24.3 Å². The molecule has 1 aromatic heterocycles. The minimum absolute atomic E-state index is 0. The quantitative estimate of drug-likeness (QED) is 0.359. The molecule has 152 valence electrons. The third-order valence-electron chi connectivity index (χ3n) is 4.54. The lowest BCUT2D eigenvalue weighted by molar-refractivity contribution is 0.405. The number of hydrogen-bond donors (Lipinski definition) is 2. The van der Waals surface area contributed by atoms with Crippen LogP contribution in [-0.2, 0) is 0 Å². The molecule has 2 heterocycles. The summed E-state index contributed by atoms with van der Waals surface area (Å²) < 4.78 is 10.6. The van der Waals surface area contributed by atoms with Crippen LogP contribution in [0.15, 0.2) is 41.7 Å². The molecule has 0 amide bonds. The molecule has 1 aliphatic rings. The third kappa shape index (κ3) is 5.85. The van der Waals surface area contributed by atoms with Crippen LogP contribution in [0.3, 0.4) is 0 Å². The van der Waals surface area contributed by atoms with Gasteiger partial charge in [0.05, 0.1) is 19.9 Å². The van der Waals surface area contributed by atoms with Crippen LogP contribution in [0.2, 0.25) is 0 Å². The summed E-state index contributed by atoms with van der Waals surface area (Å²) in [5.74, 6) is 2.94. The molecule has 1 unspecified atom stereocenters. The maximum absolute atomic E-state index is 6.09. The van der Waals surface area contributed by atoms with E-state index in [2.05, 4.69) is 25.2 Å². The number of anilines is 2. The van der Waals surface area contributed by atoms with E-state index >= 15 is 0 Å². The smallest absolute Gasteiger partial charge is 0.225 e. The highest BCUT2D eigenvalue weighted by molar-refractivity contribution is 14.0. The first-order valence-electron chi connectivity index (χ1n) is 9.00. The molecule has 1 atom stereocenters. The molecule has 28 heavy (non-hydrogen) atoms. The Bertz CT molecular complexity index is 774. The minimum atomic E-state index is 0. The highest BCUT2D eigenvalue weighted by Crippen LogP contribution is 2.28. The normalized spacial score (nSPS) is 16.9. The van der Waals surface area contributed by atoms with Crippen molar-refractivity contribution in [3.63, 3.8) is 0 Å². The zero-order valence-electron chi connectivity index (χ0n) is 16.2. The number of halogens is 1. The topological polar surface area (TPSA) is 97.9 Å². The molecule has 9 heteroatoms. The van der Waals surface area contributed by atoms with Gasteiger partial charge in [-0.25, -0.2) is 9.97 Å². The molecule has 1 fully saturated rings. The first kappa shape index (κ1) is 22.0. The summed E-state index contributed by atoms with van der Waals surface area (Å²) in [4.78, 5) is 15.4. The summed E-state index contributed by atoms with van der Waals surface area (Å²) in [6, 6.07) is 7.32. The predicted molar refractivity (Wildman–Crippen MR) is 122 cm³/mol. The summed E-state index contributed by atoms with van der Waals surface area (Å²) in [7, 11) is 3.23. The number of nitrogens with one attached hydrogen (secondary N) is 1. The van der Waals surface area contributed by atoms with Gasteiger partial charge in [-0.3, -0.25) is 4.99 Å². The molecule has 0 bridgehead atoms. The molecule has 8 nitrogen and oxygen atoms in total. The van der Waals surface area contributed by atoms with Crippen LogP contribution in [0.4, 0.5) is 11.6 Å². The first-order valence-corrected chi connectivity index (χ1v) is 9.00. The van der Waals surface area contributed by atoms with Crippen molar-refractivity contribution in [2.24, 2.45) is 16.6 Å². The molecule has 1 aliphatic heterocycles. The fourth-order valence-corrected chi connectivity index (χ4v) is 3.17. The highest BCUT2D eigenvalue weighted by atomic mass is 127. The number of aliphatic imine (C=N–C) groups is 1. The first-order chi connectivity index (χ1) is 13.2. The number of ether oxygens (including phenoxy) is 2. The van der Waals surface area contributed by atoms with E-state index in [0.29, 0.717) is 24.2 Å². The Hall–Kier alpha value is -2.30. The van der Waals surface area contributed by atoms with Gasteiger partial charge >= 0.3 is 0 Å². The Kier molecular flexibility index (Phi) is 8.55. The second-order valence-corrected chi connectivity index (χ2v) is 6.42. The Balaban J connectivity index is 0.00000280.